The molecule has 27 heavy (non-hydrogen) atoms. The summed E-state index contributed by atoms with van der Waals surface area (Å²) in [4.78, 5) is 16.7. The smallest absolute Gasteiger partial charge is 0.224 e. The summed E-state index contributed by atoms with van der Waals surface area (Å²) >= 11 is 1.64. The molecule has 5 heteroatoms. The summed E-state index contributed by atoms with van der Waals surface area (Å²) in [5.41, 5.74) is 6.04. The molecule has 0 bridgehead atoms. The third-order valence-electron chi connectivity index (χ3n) is 4.50. The van der Waals surface area contributed by atoms with Crippen molar-refractivity contribution in [2.75, 3.05) is 12.9 Å². The first kappa shape index (κ1) is 20.8. The van der Waals surface area contributed by atoms with Gasteiger partial charge < -0.3 is 10.5 Å². The van der Waals surface area contributed by atoms with Gasteiger partial charge in [0.05, 0.1) is 18.0 Å². The maximum Gasteiger partial charge on any atom is 0.224 e. The Morgan fingerprint density at radius 1 is 1.11 bits per heavy atom. The van der Waals surface area contributed by atoms with Gasteiger partial charge in [-0.3, -0.25) is 9.78 Å². The molecule has 1 unspecified atom stereocenters. The number of rotatable bonds is 6. The van der Waals surface area contributed by atoms with E-state index in [1.54, 1.807) is 18.9 Å². The number of pyridine rings is 1. The van der Waals surface area contributed by atoms with Crippen LogP contribution < -0.4 is 10.5 Å². The molecular formula is C22H26N2O2S. The molecule has 2 aromatic carbocycles. The molecule has 142 valence electrons. The highest BCUT2D eigenvalue weighted by Gasteiger charge is 2.28. The van der Waals surface area contributed by atoms with E-state index in [4.69, 9.17) is 10.5 Å². The molecule has 1 heterocycles. The van der Waals surface area contributed by atoms with Crippen LogP contribution in [0.5, 0.6) is 5.75 Å². The van der Waals surface area contributed by atoms with Crippen LogP contribution in [-0.2, 0) is 4.79 Å². The number of methoxy groups -OCH3 is 1. The highest BCUT2D eigenvalue weighted by molar-refractivity contribution is 7.99. The molecule has 4 nitrogen and oxygen atoms in total. The Balaban J connectivity index is 0.000000219. The van der Waals surface area contributed by atoms with Gasteiger partial charge in [-0.25, -0.2) is 0 Å². The maximum absolute atomic E-state index is 11.4. The van der Waals surface area contributed by atoms with Crippen molar-refractivity contribution in [2.45, 2.75) is 25.2 Å². The average Bonchev–Trinajstić information content (AvgIpc) is 2.72. The monoisotopic (exact) mass is 382 g/mol. The molecule has 2 N–H and O–H groups in total. The minimum Gasteiger partial charge on any atom is -0.497 e. The second-order valence-corrected chi connectivity index (χ2v) is 7.49. The van der Waals surface area contributed by atoms with Gasteiger partial charge in [-0.15, -0.1) is 11.8 Å². The first-order valence-corrected chi connectivity index (χ1v) is 9.83. The number of amides is 1. The Labute approximate surface area is 165 Å². The minimum atomic E-state index is -0.440. The summed E-state index contributed by atoms with van der Waals surface area (Å²) in [6.07, 6.45) is 2.56. The number of thioether (sulfide) groups is 1. The zero-order valence-corrected chi connectivity index (χ0v) is 16.8. The predicted octanol–water partition coefficient (Wildman–Crippen LogP) is 4.92. The van der Waals surface area contributed by atoms with Crippen molar-refractivity contribution < 1.29 is 9.53 Å². The van der Waals surface area contributed by atoms with Crippen LogP contribution in [0.4, 0.5) is 0 Å². The number of nitrogens with zero attached hydrogens (tertiary/aromatic N) is 1. The number of carbonyl (C=O) groups is 1. The predicted molar refractivity (Wildman–Crippen MR) is 113 cm³/mol. The number of carbonyl (C=O) groups excluding carboxylic acids is 1. The van der Waals surface area contributed by atoms with Crippen molar-refractivity contribution in [3.05, 3.63) is 66.9 Å². The molecule has 0 aliphatic carbocycles. The van der Waals surface area contributed by atoms with E-state index >= 15 is 0 Å². The van der Waals surface area contributed by atoms with Gasteiger partial charge in [-0.1, -0.05) is 31.2 Å². The van der Waals surface area contributed by atoms with Gasteiger partial charge in [-0.2, -0.15) is 0 Å². The van der Waals surface area contributed by atoms with Crippen LogP contribution in [-0.4, -0.2) is 23.8 Å². The van der Waals surface area contributed by atoms with Gasteiger partial charge in [0, 0.05) is 22.2 Å². The van der Waals surface area contributed by atoms with Crippen LogP contribution in [0.1, 0.15) is 20.3 Å². The topological polar surface area (TPSA) is 65.2 Å². The Kier molecular flexibility index (Phi) is 7.67. The van der Waals surface area contributed by atoms with Gasteiger partial charge in [0.25, 0.3) is 0 Å². The quantitative estimate of drug-likeness (QED) is 0.614. The SMILES string of the molecule is CCC(C)(CSc1ccc(OC)cc1)C(N)=O.c1ccc2ncccc2c1. The van der Waals surface area contributed by atoms with Gasteiger partial charge >= 0.3 is 0 Å². The largest absolute Gasteiger partial charge is 0.497 e. The second kappa shape index (κ2) is 9.97. The van der Waals surface area contributed by atoms with Crippen molar-refractivity contribution in [3.8, 4) is 5.75 Å². The molecular weight excluding hydrogens is 356 g/mol. The highest BCUT2D eigenvalue weighted by atomic mass is 32.2. The summed E-state index contributed by atoms with van der Waals surface area (Å²) < 4.78 is 5.09. The summed E-state index contributed by atoms with van der Waals surface area (Å²) in [7, 11) is 1.64. The van der Waals surface area contributed by atoms with E-state index < -0.39 is 5.41 Å². The van der Waals surface area contributed by atoms with Crippen LogP contribution in [0, 0.1) is 5.41 Å². The molecule has 3 aromatic rings. The van der Waals surface area contributed by atoms with Gasteiger partial charge in [-0.05, 0) is 49.7 Å². The lowest BCUT2D eigenvalue weighted by atomic mass is 9.89. The number of fused-ring (bicyclic) bond motifs is 1. The van der Waals surface area contributed by atoms with E-state index in [1.165, 1.54) is 5.39 Å². The normalized spacial score (nSPS) is 12.6. The van der Waals surface area contributed by atoms with Crippen LogP contribution in [0.3, 0.4) is 0 Å². The van der Waals surface area contributed by atoms with Crippen LogP contribution in [0.25, 0.3) is 10.9 Å². The standard InChI is InChI=1S/C13H19NO2S.C9H7N/c1-4-13(2,12(14)15)9-17-11-7-5-10(16-3)6-8-11;1-2-6-9-8(4-1)5-3-7-10-9/h5-8H,4,9H2,1-3H3,(H2,14,15);1-7H. The summed E-state index contributed by atoms with van der Waals surface area (Å²) in [6.45, 7) is 3.89. The third-order valence-corrected chi connectivity index (χ3v) is 5.89. The lowest BCUT2D eigenvalue weighted by Gasteiger charge is -2.23. The van der Waals surface area contributed by atoms with Crippen molar-refractivity contribution in [2.24, 2.45) is 11.1 Å². The van der Waals surface area contributed by atoms with E-state index in [2.05, 4.69) is 17.1 Å². The summed E-state index contributed by atoms with van der Waals surface area (Å²) in [5, 5.41) is 1.20. The number of hydrogen-bond donors (Lipinski definition) is 1. The molecule has 0 radical (unpaired) electrons. The van der Waals surface area contributed by atoms with Crippen LogP contribution in [0.2, 0.25) is 0 Å². The first-order valence-electron chi connectivity index (χ1n) is 8.85. The second-order valence-electron chi connectivity index (χ2n) is 6.44. The van der Waals surface area contributed by atoms with E-state index in [1.807, 2.05) is 68.6 Å². The molecule has 0 aliphatic rings. The van der Waals surface area contributed by atoms with Crippen LogP contribution in [0.15, 0.2) is 71.8 Å². The van der Waals surface area contributed by atoms with Crippen molar-refractivity contribution in [1.29, 1.82) is 0 Å². The Morgan fingerprint density at radius 3 is 2.37 bits per heavy atom. The number of nitrogens with two attached hydrogens (primary N) is 1. The molecule has 1 amide bonds. The first-order chi connectivity index (χ1) is 13.0. The molecule has 3 rings (SSSR count). The molecule has 1 atom stereocenters. The molecule has 0 saturated carbocycles. The van der Waals surface area contributed by atoms with Crippen molar-refractivity contribution in [1.82, 2.24) is 4.98 Å². The third kappa shape index (κ3) is 6.00. The zero-order valence-electron chi connectivity index (χ0n) is 16.0. The average molecular weight is 383 g/mol. The number of primary amides is 1. The fourth-order valence-electron chi connectivity index (χ4n) is 2.28. The maximum atomic E-state index is 11.4. The number of para-hydroxylation sites is 1. The molecule has 0 saturated heterocycles. The van der Waals surface area contributed by atoms with E-state index in [0.29, 0.717) is 5.75 Å². The minimum absolute atomic E-state index is 0.235. The Hall–Kier alpha value is -2.53. The lowest BCUT2D eigenvalue weighted by Crippen LogP contribution is -2.35. The van der Waals surface area contributed by atoms with E-state index in [-0.39, 0.29) is 5.91 Å². The molecule has 0 fully saturated rings. The number of hydrogen-bond acceptors (Lipinski definition) is 4. The fourth-order valence-corrected chi connectivity index (χ4v) is 3.44. The molecule has 1 aromatic heterocycles. The molecule has 0 aliphatic heterocycles. The van der Waals surface area contributed by atoms with E-state index in [0.717, 1.165) is 22.6 Å². The molecule has 0 spiro atoms. The van der Waals surface area contributed by atoms with Crippen molar-refractivity contribution in [3.63, 3.8) is 0 Å². The summed E-state index contributed by atoms with van der Waals surface area (Å²) in [5.74, 6) is 1.30. The number of ether oxygens (including phenoxy) is 1. The highest BCUT2D eigenvalue weighted by Crippen LogP contribution is 2.31. The van der Waals surface area contributed by atoms with Crippen molar-refractivity contribution >= 4 is 28.6 Å². The lowest BCUT2D eigenvalue weighted by molar-refractivity contribution is -0.125. The fraction of sp³-hybridized carbons (Fsp3) is 0.273. The zero-order chi connectivity index (χ0) is 19.7. The van der Waals surface area contributed by atoms with Crippen LogP contribution >= 0.6 is 11.8 Å². The van der Waals surface area contributed by atoms with Gasteiger partial charge in [0.15, 0.2) is 0 Å². The Morgan fingerprint density at radius 2 is 1.78 bits per heavy atom. The van der Waals surface area contributed by atoms with E-state index in [9.17, 15) is 4.79 Å². The van der Waals surface area contributed by atoms with Gasteiger partial charge in [0.1, 0.15) is 5.75 Å². The van der Waals surface area contributed by atoms with Gasteiger partial charge in [0.2, 0.25) is 5.91 Å². The summed E-state index contributed by atoms with van der Waals surface area (Å²) in [6, 6.07) is 19.9. The Bertz CT molecular complexity index is 802. The number of aromatic nitrogens is 1. The number of benzene rings is 2.